The molecule has 2 aromatic heterocycles. The van der Waals surface area contributed by atoms with Gasteiger partial charge in [-0.3, -0.25) is 0 Å². The second kappa shape index (κ2) is 7.07. The lowest BCUT2D eigenvalue weighted by molar-refractivity contribution is 0.708. The van der Waals surface area contributed by atoms with Crippen LogP contribution >= 0.6 is 11.3 Å². The van der Waals surface area contributed by atoms with Crippen molar-refractivity contribution in [1.82, 2.24) is 20.3 Å². The molecule has 1 aliphatic rings. The molecule has 0 amide bonds. The zero-order chi connectivity index (χ0) is 16.2. The van der Waals surface area contributed by atoms with Crippen LogP contribution in [0, 0.1) is 0 Å². The quantitative estimate of drug-likeness (QED) is 0.766. The summed E-state index contributed by atoms with van der Waals surface area (Å²) in [7, 11) is 0. The number of thiazole rings is 1. The average molecular weight is 337 g/mol. The van der Waals surface area contributed by atoms with E-state index in [0.29, 0.717) is 0 Å². The molecule has 3 heterocycles. The van der Waals surface area contributed by atoms with Crippen molar-refractivity contribution in [3.05, 3.63) is 59.0 Å². The third kappa shape index (κ3) is 3.29. The van der Waals surface area contributed by atoms with Crippen molar-refractivity contribution in [2.45, 2.75) is 19.4 Å². The molecule has 0 saturated carbocycles. The van der Waals surface area contributed by atoms with E-state index in [0.717, 1.165) is 54.6 Å². The summed E-state index contributed by atoms with van der Waals surface area (Å²) in [6.45, 7) is 2.70. The molecule has 4 rings (SSSR count). The Balaban J connectivity index is 1.49. The maximum absolute atomic E-state index is 4.54. The van der Waals surface area contributed by atoms with Gasteiger partial charge in [0, 0.05) is 35.2 Å². The largest absolute Gasteiger partial charge is 0.365 e. The average Bonchev–Trinajstić information content (AvgIpc) is 2.97. The lowest BCUT2D eigenvalue weighted by Gasteiger charge is -2.11. The van der Waals surface area contributed by atoms with Crippen LogP contribution in [0.25, 0.3) is 10.6 Å². The van der Waals surface area contributed by atoms with Gasteiger partial charge >= 0.3 is 0 Å². The molecule has 6 heteroatoms. The van der Waals surface area contributed by atoms with Crippen molar-refractivity contribution in [1.29, 1.82) is 0 Å². The van der Waals surface area contributed by atoms with Gasteiger partial charge in [0.1, 0.15) is 17.2 Å². The zero-order valence-electron chi connectivity index (χ0n) is 13.3. The Morgan fingerprint density at radius 3 is 2.83 bits per heavy atom. The SMILES string of the molecule is c1ccc(-c2ncc(CNc3ncnc4c3CCNCC4)s2)cc1. The topological polar surface area (TPSA) is 62.7 Å². The van der Waals surface area contributed by atoms with E-state index < -0.39 is 0 Å². The molecule has 0 bridgehead atoms. The Hall–Kier alpha value is -2.31. The lowest BCUT2D eigenvalue weighted by Crippen LogP contribution is -2.16. The van der Waals surface area contributed by atoms with E-state index in [1.54, 1.807) is 17.7 Å². The second-order valence-electron chi connectivity index (χ2n) is 5.75. The molecular formula is C18H19N5S. The maximum atomic E-state index is 4.54. The first-order valence-corrected chi connectivity index (χ1v) is 8.99. The minimum absolute atomic E-state index is 0.737. The number of hydrogen-bond acceptors (Lipinski definition) is 6. The second-order valence-corrected chi connectivity index (χ2v) is 6.86. The molecule has 5 nitrogen and oxygen atoms in total. The third-order valence-corrected chi connectivity index (χ3v) is 5.18. The number of nitrogens with zero attached hydrogens (tertiary/aromatic N) is 3. The minimum atomic E-state index is 0.737. The number of anilines is 1. The third-order valence-electron chi connectivity index (χ3n) is 4.13. The summed E-state index contributed by atoms with van der Waals surface area (Å²) in [5, 5.41) is 7.94. The molecule has 122 valence electrons. The number of benzene rings is 1. The van der Waals surface area contributed by atoms with Crippen molar-refractivity contribution in [3.63, 3.8) is 0 Å². The van der Waals surface area contributed by atoms with Crippen molar-refractivity contribution >= 4 is 17.2 Å². The number of aromatic nitrogens is 3. The Kier molecular flexibility index (Phi) is 4.49. The van der Waals surface area contributed by atoms with E-state index in [4.69, 9.17) is 0 Å². The van der Waals surface area contributed by atoms with Gasteiger partial charge in [-0.25, -0.2) is 15.0 Å². The summed E-state index contributed by atoms with van der Waals surface area (Å²) < 4.78 is 0. The summed E-state index contributed by atoms with van der Waals surface area (Å²) in [4.78, 5) is 14.6. The van der Waals surface area contributed by atoms with Crippen LogP contribution in [0.1, 0.15) is 16.1 Å². The highest BCUT2D eigenvalue weighted by atomic mass is 32.1. The van der Waals surface area contributed by atoms with Gasteiger partial charge in [-0.2, -0.15) is 0 Å². The fourth-order valence-corrected chi connectivity index (χ4v) is 3.76. The van der Waals surface area contributed by atoms with Crippen LogP contribution in [-0.4, -0.2) is 28.0 Å². The van der Waals surface area contributed by atoms with Gasteiger partial charge in [0.05, 0.1) is 12.2 Å². The summed E-state index contributed by atoms with van der Waals surface area (Å²) in [5.41, 5.74) is 3.57. The number of nitrogens with one attached hydrogen (secondary N) is 2. The molecule has 0 saturated heterocycles. The van der Waals surface area contributed by atoms with Crippen molar-refractivity contribution in [2.75, 3.05) is 18.4 Å². The van der Waals surface area contributed by atoms with Crippen molar-refractivity contribution in [2.24, 2.45) is 0 Å². The van der Waals surface area contributed by atoms with Gasteiger partial charge in [0.2, 0.25) is 0 Å². The molecule has 3 aromatic rings. The highest BCUT2D eigenvalue weighted by Gasteiger charge is 2.14. The zero-order valence-corrected chi connectivity index (χ0v) is 14.1. The number of hydrogen-bond donors (Lipinski definition) is 2. The number of rotatable bonds is 4. The fourth-order valence-electron chi connectivity index (χ4n) is 2.90. The fraction of sp³-hybridized carbons (Fsp3) is 0.278. The standard InChI is InChI=1S/C18H19N5S/c1-2-4-13(5-3-1)18-21-11-14(24-18)10-20-17-15-6-8-19-9-7-16(15)22-12-23-17/h1-5,11-12,19H,6-10H2,(H,20,22,23). The monoisotopic (exact) mass is 337 g/mol. The van der Waals surface area contributed by atoms with Crippen LogP contribution in [0.5, 0.6) is 0 Å². The van der Waals surface area contributed by atoms with Crippen LogP contribution in [0.3, 0.4) is 0 Å². The van der Waals surface area contributed by atoms with Gasteiger partial charge in [0.15, 0.2) is 0 Å². The highest BCUT2D eigenvalue weighted by Crippen LogP contribution is 2.26. The van der Waals surface area contributed by atoms with Gasteiger partial charge in [-0.05, 0) is 13.0 Å². The van der Waals surface area contributed by atoms with Gasteiger partial charge in [0.25, 0.3) is 0 Å². The Morgan fingerprint density at radius 1 is 1.04 bits per heavy atom. The Morgan fingerprint density at radius 2 is 1.92 bits per heavy atom. The van der Waals surface area contributed by atoms with E-state index in [1.807, 2.05) is 24.4 Å². The summed E-state index contributed by atoms with van der Waals surface area (Å²) in [6, 6.07) is 10.3. The minimum Gasteiger partial charge on any atom is -0.365 e. The summed E-state index contributed by atoms with van der Waals surface area (Å²) in [6.07, 6.45) is 5.54. The lowest BCUT2D eigenvalue weighted by atomic mass is 10.1. The van der Waals surface area contributed by atoms with E-state index in [9.17, 15) is 0 Å². The first-order chi connectivity index (χ1) is 11.9. The van der Waals surface area contributed by atoms with Gasteiger partial charge in [-0.15, -0.1) is 11.3 Å². The first-order valence-electron chi connectivity index (χ1n) is 8.17. The molecule has 0 radical (unpaired) electrons. The molecule has 1 aromatic carbocycles. The van der Waals surface area contributed by atoms with Crippen LogP contribution in [-0.2, 0) is 19.4 Å². The summed E-state index contributed by atoms with van der Waals surface area (Å²) >= 11 is 1.72. The first kappa shape index (κ1) is 15.2. The molecule has 24 heavy (non-hydrogen) atoms. The van der Waals surface area contributed by atoms with Crippen LogP contribution in [0.2, 0.25) is 0 Å². The maximum Gasteiger partial charge on any atom is 0.133 e. The van der Waals surface area contributed by atoms with Crippen LogP contribution < -0.4 is 10.6 Å². The van der Waals surface area contributed by atoms with E-state index >= 15 is 0 Å². The molecule has 0 unspecified atom stereocenters. The predicted molar refractivity (Wildman–Crippen MR) is 97.2 cm³/mol. The Bertz CT molecular complexity index is 815. The molecule has 0 atom stereocenters. The Labute approximate surface area is 145 Å². The molecule has 0 spiro atoms. The normalized spacial score (nSPS) is 14.0. The van der Waals surface area contributed by atoms with Crippen molar-refractivity contribution < 1.29 is 0 Å². The van der Waals surface area contributed by atoms with E-state index in [-0.39, 0.29) is 0 Å². The van der Waals surface area contributed by atoms with E-state index in [1.165, 1.54) is 10.4 Å². The summed E-state index contributed by atoms with van der Waals surface area (Å²) in [5.74, 6) is 0.957. The number of fused-ring (bicyclic) bond motifs is 1. The molecular weight excluding hydrogens is 318 g/mol. The predicted octanol–water partition coefficient (Wildman–Crippen LogP) is 2.90. The molecule has 0 aliphatic carbocycles. The molecule has 2 N–H and O–H groups in total. The smallest absolute Gasteiger partial charge is 0.133 e. The van der Waals surface area contributed by atoms with Crippen LogP contribution in [0.15, 0.2) is 42.9 Å². The van der Waals surface area contributed by atoms with Gasteiger partial charge in [-0.1, -0.05) is 30.3 Å². The highest BCUT2D eigenvalue weighted by molar-refractivity contribution is 7.15. The van der Waals surface area contributed by atoms with Crippen molar-refractivity contribution in [3.8, 4) is 10.6 Å². The molecule has 0 fully saturated rings. The van der Waals surface area contributed by atoms with E-state index in [2.05, 4.69) is 37.7 Å². The van der Waals surface area contributed by atoms with Gasteiger partial charge < -0.3 is 10.6 Å². The molecule has 1 aliphatic heterocycles. The van der Waals surface area contributed by atoms with Crippen LogP contribution in [0.4, 0.5) is 5.82 Å².